The summed E-state index contributed by atoms with van der Waals surface area (Å²) in [5.74, 6) is 0.648. The Morgan fingerprint density at radius 1 is 0.879 bits per heavy atom. The van der Waals surface area contributed by atoms with E-state index in [2.05, 4.69) is 24.5 Å². The Balaban J connectivity index is 1.65. The summed E-state index contributed by atoms with van der Waals surface area (Å²) in [4.78, 5) is 25.5. The Bertz CT molecular complexity index is 1070. The molecule has 0 spiro atoms. The number of anilines is 1. The van der Waals surface area contributed by atoms with E-state index in [1.165, 1.54) is 0 Å². The third kappa shape index (κ3) is 6.69. The van der Waals surface area contributed by atoms with Gasteiger partial charge in [0.2, 0.25) is 0 Å². The number of carbonyl (C=O) groups is 2. The van der Waals surface area contributed by atoms with Gasteiger partial charge in [0.15, 0.2) is 6.10 Å². The smallest absolute Gasteiger partial charge is 0.265 e. The van der Waals surface area contributed by atoms with Crippen LogP contribution in [0.3, 0.4) is 0 Å². The van der Waals surface area contributed by atoms with E-state index >= 15 is 0 Å². The summed E-state index contributed by atoms with van der Waals surface area (Å²) in [5.41, 5.74) is 3.17. The summed E-state index contributed by atoms with van der Waals surface area (Å²) < 4.78 is 6.13. The number of amides is 2. The molecule has 3 rings (SSSR count). The molecule has 0 saturated carbocycles. The molecule has 0 aliphatic heterocycles. The lowest BCUT2D eigenvalue weighted by Crippen LogP contribution is -2.32. The van der Waals surface area contributed by atoms with Gasteiger partial charge in [0.25, 0.3) is 11.8 Å². The second kappa shape index (κ2) is 11.9. The zero-order valence-corrected chi connectivity index (χ0v) is 19.5. The zero-order chi connectivity index (χ0) is 23.6. The minimum Gasteiger partial charge on any atom is -0.480 e. The van der Waals surface area contributed by atoms with Crippen molar-refractivity contribution in [2.24, 2.45) is 0 Å². The van der Waals surface area contributed by atoms with Gasteiger partial charge in [-0.2, -0.15) is 0 Å². The fraction of sp³-hybridized carbons (Fsp3) is 0.286. The van der Waals surface area contributed by atoms with Crippen LogP contribution in [-0.4, -0.2) is 17.9 Å². The van der Waals surface area contributed by atoms with Crippen LogP contribution in [0.2, 0.25) is 0 Å². The molecule has 0 aliphatic carbocycles. The standard InChI is InChI=1S/C28H32N2O3/c1-4-20(3)24-16-9-10-17-26(24)33-25(5-2)28(32)30-23-15-11-14-22(18-23)27(31)29-19-21-12-7-6-8-13-21/h6-18,20,25H,4-5,19H2,1-3H3,(H,29,31)(H,30,32). The van der Waals surface area contributed by atoms with E-state index in [9.17, 15) is 9.59 Å². The van der Waals surface area contributed by atoms with E-state index in [1.54, 1.807) is 24.3 Å². The second-order valence-corrected chi connectivity index (χ2v) is 8.10. The van der Waals surface area contributed by atoms with Gasteiger partial charge in [0.05, 0.1) is 0 Å². The summed E-state index contributed by atoms with van der Waals surface area (Å²) in [6.45, 7) is 6.65. The average molecular weight is 445 g/mol. The predicted molar refractivity (Wildman–Crippen MR) is 133 cm³/mol. The monoisotopic (exact) mass is 444 g/mol. The minimum absolute atomic E-state index is 0.194. The molecule has 2 unspecified atom stereocenters. The van der Waals surface area contributed by atoms with Gasteiger partial charge in [-0.15, -0.1) is 0 Å². The molecular weight excluding hydrogens is 412 g/mol. The molecule has 0 bridgehead atoms. The van der Waals surface area contributed by atoms with Gasteiger partial charge >= 0.3 is 0 Å². The van der Waals surface area contributed by atoms with Crippen molar-refractivity contribution in [1.29, 1.82) is 0 Å². The van der Waals surface area contributed by atoms with Gasteiger partial charge in [-0.25, -0.2) is 0 Å². The fourth-order valence-electron chi connectivity index (χ4n) is 3.53. The highest BCUT2D eigenvalue weighted by Crippen LogP contribution is 2.29. The van der Waals surface area contributed by atoms with Crippen LogP contribution in [0.1, 0.15) is 61.0 Å². The van der Waals surface area contributed by atoms with Crippen LogP contribution in [0.5, 0.6) is 5.75 Å². The van der Waals surface area contributed by atoms with Gasteiger partial charge in [-0.1, -0.05) is 75.4 Å². The van der Waals surface area contributed by atoms with E-state index in [0.29, 0.717) is 30.1 Å². The molecule has 0 saturated heterocycles. The van der Waals surface area contributed by atoms with Crippen molar-refractivity contribution in [3.05, 3.63) is 95.6 Å². The molecule has 172 valence electrons. The summed E-state index contributed by atoms with van der Waals surface area (Å²) >= 11 is 0. The van der Waals surface area contributed by atoms with Gasteiger partial charge in [-0.3, -0.25) is 9.59 Å². The third-order valence-corrected chi connectivity index (χ3v) is 5.68. The van der Waals surface area contributed by atoms with Gasteiger partial charge in [0, 0.05) is 17.8 Å². The molecule has 5 heteroatoms. The van der Waals surface area contributed by atoms with Crippen molar-refractivity contribution < 1.29 is 14.3 Å². The van der Waals surface area contributed by atoms with Crippen molar-refractivity contribution in [1.82, 2.24) is 5.32 Å². The highest BCUT2D eigenvalue weighted by Gasteiger charge is 2.21. The number of nitrogens with one attached hydrogen (secondary N) is 2. The van der Waals surface area contributed by atoms with Crippen molar-refractivity contribution in [3.8, 4) is 5.75 Å². The van der Waals surface area contributed by atoms with Crippen LogP contribution in [-0.2, 0) is 11.3 Å². The lowest BCUT2D eigenvalue weighted by Gasteiger charge is -2.21. The normalized spacial score (nSPS) is 12.5. The van der Waals surface area contributed by atoms with Crippen molar-refractivity contribution >= 4 is 17.5 Å². The quantitative estimate of drug-likeness (QED) is 0.407. The number of rotatable bonds is 10. The number of hydrogen-bond acceptors (Lipinski definition) is 3. The van der Waals surface area contributed by atoms with Crippen LogP contribution >= 0.6 is 0 Å². The van der Waals surface area contributed by atoms with E-state index in [0.717, 1.165) is 23.3 Å². The molecular formula is C28H32N2O3. The molecule has 5 nitrogen and oxygen atoms in total. The number of hydrogen-bond donors (Lipinski definition) is 2. The van der Waals surface area contributed by atoms with Crippen LogP contribution < -0.4 is 15.4 Å². The molecule has 33 heavy (non-hydrogen) atoms. The van der Waals surface area contributed by atoms with E-state index in [4.69, 9.17) is 4.74 Å². The van der Waals surface area contributed by atoms with Crippen LogP contribution in [0.4, 0.5) is 5.69 Å². The summed E-state index contributed by atoms with van der Waals surface area (Å²) in [6, 6.07) is 24.5. The fourth-order valence-corrected chi connectivity index (χ4v) is 3.53. The molecule has 0 aliphatic rings. The minimum atomic E-state index is -0.634. The number of para-hydroxylation sites is 1. The van der Waals surface area contributed by atoms with Crippen LogP contribution in [0.15, 0.2) is 78.9 Å². The Morgan fingerprint density at radius 3 is 2.33 bits per heavy atom. The average Bonchev–Trinajstić information content (AvgIpc) is 2.86. The Morgan fingerprint density at radius 2 is 1.61 bits per heavy atom. The number of benzene rings is 3. The van der Waals surface area contributed by atoms with Crippen molar-refractivity contribution in [2.45, 2.75) is 52.2 Å². The first-order valence-electron chi connectivity index (χ1n) is 11.5. The molecule has 2 N–H and O–H groups in total. The van der Waals surface area contributed by atoms with Crippen LogP contribution in [0.25, 0.3) is 0 Å². The molecule has 0 radical (unpaired) electrons. The molecule has 0 fully saturated rings. The SMILES string of the molecule is CCC(Oc1ccccc1C(C)CC)C(=O)Nc1cccc(C(=O)NCc2ccccc2)c1. The highest BCUT2D eigenvalue weighted by atomic mass is 16.5. The van der Waals surface area contributed by atoms with Gasteiger partial charge in [0.1, 0.15) is 5.75 Å². The summed E-state index contributed by atoms with van der Waals surface area (Å²) in [7, 11) is 0. The zero-order valence-electron chi connectivity index (χ0n) is 19.5. The first-order valence-corrected chi connectivity index (χ1v) is 11.5. The molecule has 0 heterocycles. The molecule has 2 atom stereocenters. The third-order valence-electron chi connectivity index (χ3n) is 5.68. The van der Waals surface area contributed by atoms with Crippen molar-refractivity contribution in [3.63, 3.8) is 0 Å². The van der Waals surface area contributed by atoms with Gasteiger partial charge < -0.3 is 15.4 Å². The summed E-state index contributed by atoms with van der Waals surface area (Å²) in [6.07, 6.45) is 0.881. The lowest BCUT2D eigenvalue weighted by atomic mass is 9.98. The topological polar surface area (TPSA) is 67.4 Å². The molecule has 3 aromatic carbocycles. The Labute approximate surface area is 196 Å². The predicted octanol–water partition coefficient (Wildman–Crippen LogP) is 5.93. The lowest BCUT2D eigenvalue weighted by molar-refractivity contribution is -0.122. The van der Waals surface area contributed by atoms with Crippen molar-refractivity contribution in [2.75, 3.05) is 5.32 Å². The first kappa shape index (κ1) is 24.1. The Hall–Kier alpha value is -3.60. The maximum atomic E-state index is 13.0. The largest absolute Gasteiger partial charge is 0.480 e. The van der Waals surface area contributed by atoms with E-state index in [-0.39, 0.29) is 11.8 Å². The molecule has 0 aromatic heterocycles. The molecule has 3 aromatic rings. The highest BCUT2D eigenvalue weighted by molar-refractivity contribution is 5.98. The van der Waals surface area contributed by atoms with E-state index in [1.807, 2.05) is 61.5 Å². The second-order valence-electron chi connectivity index (χ2n) is 8.10. The number of carbonyl (C=O) groups excluding carboxylic acids is 2. The number of ether oxygens (including phenoxy) is 1. The van der Waals surface area contributed by atoms with Gasteiger partial charge in [-0.05, 0) is 54.2 Å². The molecule has 2 amide bonds. The van der Waals surface area contributed by atoms with Crippen LogP contribution in [0, 0.1) is 0 Å². The maximum absolute atomic E-state index is 13.0. The maximum Gasteiger partial charge on any atom is 0.265 e. The Kier molecular flexibility index (Phi) is 8.64. The first-order chi connectivity index (χ1) is 16.0. The van der Waals surface area contributed by atoms with E-state index < -0.39 is 6.10 Å². The summed E-state index contributed by atoms with van der Waals surface area (Å²) in [5, 5.41) is 5.81.